The van der Waals surface area contributed by atoms with Gasteiger partial charge in [0.2, 0.25) is 17.0 Å². The first-order valence-electron chi connectivity index (χ1n) is 3.68. The maximum atomic E-state index is 11.1. The second kappa shape index (κ2) is 4.97. The van der Waals surface area contributed by atoms with E-state index in [-0.39, 0.29) is 0 Å². The summed E-state index contributed by atoms with van der Waals surface area (Å²) in [5, 5.41) is 0. The quantitative estimate of drug-likeness (QED) is 0.664. The first kappa shape index (κ1) is 11.0. The molecule has 0 aromatic rings. The van der Waals surface area contributed by atoms with Gasteiger partial charge in [-0.2, -0.15) is 0 Å². The largest absolute Gasteiger partial charge is 0.603 e. The maximum absolute atomic E-state index is 11.1. The van der Waals surface area contributed by atoms with Gasteiger partial charge in [-0.1, -0.05) is 24.3 Å². The van der Waals surface area contributed by atoms with E-state index in [4.69, 9.17) is 10.6 Å². The molecule has 0 amide bonds. The van der Waals surface area contributed by atoms with Gasteiger partial charge in [0.1, 0.15) is 5.80 Å². The minimum atomic E-state index is -1.97. The minimum Gasteiger partial charge on any atom is -0.603 e. The molecule has 0 aromatic carbocycles. The van der Waals surface area contributed by atoms with Crippen molar-refractivity contribution in [2.45, 2.75) is 12.0 Å². The average molecular weight is 219 g/mol. The minimum absolute atomic E-state index is 0.600. The first-order chi connectivity index (χ1) is 6.16. The Morgan fingerprint density at radius 1 is 1.69 bits per heavy atom. The third-order valence-corrected chi connectivity index (χ3v) is 3.34. The molecule has 0 aliphatic heterocycles. The van der Waals surface area contributed by atoms with Gasteiger partial charge < -0.3 is 15.5 Å². The first-order valence-corrected chi connectivity index (χ1v) is 5.78. The lowest BCUT2D eigenvalue weighted by Gasteiger charge is -2.19. The van der Waals surface area contributed by atoms with E-state index >= 15 is 0 Å². The highest BCUT2D eigenvalue weighted by molar-refractivity contribution is 7.52. The number of hydrogen-bond acceptors (Lipinski definition) is 4. The summed E-state index contributed by atoms with van der Waals surface area (Å²) in [6, 6.07) is 0. The van der Waals surface area contributed by atoms with Crippen LogP contribution >= 0.6 is 17.0 Å². The number of hydrogen-bond donors (Lipinski definition) is 2. The van der Waals surface area contributed by atoms with E-state index in [0.29, 0.717) is 6.42 Å². The molecular formula is C7H11NO3P2. The van der Waals surface area contributed by atoms with Gasteiger partial charge in [0, 0.05) is 0 Å². The van der Waals surface area contributed by atoms with Gasteiger partial charge >= 0.3 is 0 Å². The fourth-order valence-corrected chi connectivity index (χ4v) is 2.13. The molecule has 0 heterocycles. The Bertz CT molecular complexity index is 264. The third-order valence-electron chi connectivity index (χ3n) is 1.60. The van der Waals surface area contributed by atoms with Crippen LogP contribution in [0.2, 0.25) is 0 Å². The van der Waals surface area contributed by atoms with Crippen molar-refractivity contribution in [1.29, 1.82) is 0 Å². The molecule has 72 valence electrons. The van der Waals surface area contributed by atoms with Gasteiger partial charge in [-0.05, 0) is 6.42 Å². The SMILES string of the molecule is NC1(C=[P+]([O-])OPO)C=CC=CC1. The summed E-state index contributed by atoms with van der Waals surface area (Å²) in [4.78, 5) is 19.5. The summed E-state index contributed by atoms with van der Waals surface area (Å²) in [6.07, 6.45) is 7.92. The zero-order valence-electron chi connectivity index (χ0n) is 6.88. The topological polar surface area (TPSA) is 78.5 Å². The summed E-state index contributed by atoms with van der Waals surface area (Å²) >= 11 is 0. The molecule has 0 saturated heterocycles. The van der Waals surface area contributed by atoms with Crippen LogP contribution in [0.4, 0.5) is 0 Å². The van der Waals surface area contributed by atoms with Gasteiger partial charge in [-0.15, -0.1) is 4.31 Å². The number of nitrogens with two attached hydrogens (primary N) is 1. The van der Waals surface area contributed by atoms with Crippen LogP contribution in [-0.4, -0.2) is 16.2 Å². The van der Waals surface area contributed by atoms with Crippen molar-refractivity contribution in [3.63, 3.8) is 0 Å². The summed E-state index contributed by atoms with van der Waals surface area (Å²) in [5.74, 6) is 1.41. The normalized spacial score (nSPS) is 29.0. The molecule has 4 nitrogen and oxygen atoms in total. The molecular weight excluding hydrogens is 208 g/mol. The summed E-state index contributed by atoms with van der Waals surface area (Å²) < 4.78 is 4.51. The van der Waals surface area contributed by atoms with Gasteiger partial charge in [0.25, 0.3) is 0 Å². The third kappa shape index (κ3) is 3.65. The Labute approximate surface area is 79.6 Å². The molecule has 1 rings (SSSR count). The average Bonchev–Trinajstić information content (AvgIpc) is 2.04. The summed E-state index contributed by atoms with van der Waals surface area (Å²) in [5.41, 5.74) is 5.15. The second-order valence-corrected chi connectivity index (χ2v) is 4.44. The molecule has 0 fully saturated rings. The molecule has 1 aliphatic carbocycles. The standard InChI is InChI=1S/C7H11NO3P2/c8-7(4-2-1-3-5-7)6-13(10)11-12-9/h1-4,6,9,12H,5,8H2. The fourth-order valence-electron chi connectivity index (χ4n) is 1.01. The van der Waals surface area contributed by atoms with E-state index in [2.05, 4.69) is 4.31 Å². The fraction of sp³-hybridized carbons (Fsp3) is 0.286. The number of allylic oxidation sites excluding steroid dienone is 2. The van der Waals surface area contributed by atoms with Crippen LogP contribution in [0.5, 0.6) is 0 Å². The monoisotopic (exact) mass is 219 g/mol. The highest BCUT2D eigenvalue weighted by atomic mass is 31.2. The lowest BCUT2D eigenvalue weighted by atomic mass is 9.95. The Morgan fingerprint density at radius 2 is 2.46 bits per heavy atom. The zero-order valence-corrected chi connectivity index (χ0v) is 8.78. The van der Waals surface area contributed by atoms with Crippen LogP contribution in [-0.2, 0) is 4.31 Å². The highest BCUT2D eigenvalue weighted by Gasteiger charge is 2.23. The van der Waals surface area contributed by atoms with Crippen molar-refractivity contribution in [3.8, 4) is 0 Å². The Balaban J connectivity index is 2.65. The lowest BCUT2D eigenvalue weighted by Crippen LogP contribution is -2.39. The van der Waals surface area contributed by atoms with Crippen molar-refractivity contribution in [1.82, 2.24) is 0 Å². The molecule has 3 unspecified atom stereocenters. The molecule has 0 aromatic heterocycles. The van der Waals surface area contributed by atoms with Crippen LogP contribution in [0, 0.1) is 0 Å². The molecule has 3 atom stereocenters. The van der Waals surface area contributed by atoms with Crippen LogP contribution in [0.25, 0.3) is 0 Å². The molecule has 1 aliphatic rings. The van der Waals surface area contributed by atoms with E-state index in [0.717, 1.165) is 0 Å². The lowest BCUT2D eigenvalue weighted by molar-refractivity contribution is -0.165. The van der Waals surface area contributed by atoms with Crippen LogP contribution in [0.3, 0.4) is 0 Å². The van der Waals surface area contributed by atoms with E-state index < -0.39 is 22.6 Å². The van der Waals surface area contributed by atoms with Crippen molar-refractivity contribution < 1.29 is 14.1 Å². The van der Waals surface area contributed by atoms with E-state index in [1.165, 1.54) is 5.80 Å². The summed E-state index contributed by atoms with van der Waals surface area (Å²) in [7, 11) is -2.74. The van der Waals surface area contributed by atoms with Crippen LogP contribution < -0.4 is 10.6 Å². The Morgan fingerprint density at radius 3 is 3.00 bits per heavy atom. The van der Waals surface area contributed by atoms with Crippen molar-refractivity contribution in [2.24, 2.45) is 5.73 Å². The van der Waals surface area contributed by atoms with Crippen molar-refractivity contribution in [2.75, 3.05) is 0 Å². The van der Waals surface area contributed by atoms with Gasteiger partial charge in [0.05, 0.1) is 5.54 Å². The van der Waals surface area contributed by atoms with E-state index in [9.17, 15) is 4.89 Å². The van der Waals surface area contributed by atoms with Crippen LogP contribution in [0.1, 0.15) is 6.42 Å². The molecule has 3 N–H and O–H groups in total. The van der Waals surface area contributed by atoms with Gasteiger partial charge in [-0.25, -0.2) is 0 Å². The molecule has 0 bridgehead atoms. The smallest absolute Gasteiger partial charge is 0.226 e. The maximum Gasteiger partial charge on any atom is 0.226 e. The van der Waals surface area contributed by atoms with Crippen molar-refractivity contribution in [3.05, 3.63) is 24.3 Å². The molecule has 0 spiro atoms. The zero-order chi connectivity index (χ0) is 9.73. The van der Waals surface area contributed by atoms with E-state index in [1.807, 2.05) is 12.2 Å². The predicted molar refractivity (Wildman–Crippen MR) is 54.4 cm³/mol. The van der Waals surface area contributed by atoms with Crippen LogP contribution in [0.15, 0.2) is 24.3 Å². The molecule has 13 heavy (non-hydrogen) atoms. The summed E-state index contributed by atoms with van der Waals surface area (Å²) in [6.45, 7) is 0. The van der Waals surface area contributed by atoms with Gasteiger partial charge in [0.15, 0.2) is 0 Å². The Kier molecular flexibility index (Phi) is 4.20. The second-order valence-electron chi connectivity index (χ2n) is 2.70. The van der Waals surface area contributed by atoms with E-state index in [1.54, 1.807) is 12.2 Å². The van der Waals surface area contributed by atoms with Gasteiger partial charge in [-0.3, -0.25) is 0 Å². The molecule has 0 saturated carbocycles. The molecule has 0 radical (unpaired) electrons. The predicted octanol–water partition coefficient (Wildman–Crippen LogP) is 0.192. The Hall–Kier alpha value is -0.0800. The molecule has 6 heteroatoms. The highest BCUT2D eigenvalue weighted by Crippen LogP contribution is 2.26. The number of rotatable bonds is 3. The van der Waals surface area contributed by atoms with Crippen molar-refractivity contribution >= 4 is 22.8 Å².